The summed E-state index contributed by atoms with van der Waals surface area (Å²) >= 11 is 0. The van der Waals surface area contributed by atoms with Gasteiger partial charge in [0, 0.05) is 0 Å². The smallest absolute Gasteiger partial charge is 0.375 e. The Hall–Kier alpha value is -3.08. The Morgan fingerprint density at radius 3 is 1.00 bits per heavy atom. The lowest BCUT2D eigenvalue weighted by molar-refractivity contribution is -0.146. The molecule has 0 radical (unpaired) electrons. The van der Waals surface area contributed by atoms with Crippen molar-refractivity contribution >= 4 is 0 Å². The monoisotopic (exact) mass is 654 g/mol. The first kappa shape index (κ1) is 37.1. The van der Waals surface area contributed by atoms with E-state index in [-0.39, 0.29) is 25.3 Å². The first-order chi connectivity index (χ1) is 20.3. The Bertz CT molecular complexity index is 1070. The van der Waals surface area contributed by atoms with E-state index in [0.29, 0.717) is 24.3 Å². The minimum Gasteiger partial charge on any atom is -0.375 e. The SMILES string of the molecule is C=CCOC[C@H](OCc1cc(C(F)(F)F)cc(C(F)(F)F)c1)[C@H](COCC=C)OCc1cc(C(F)(F)F)cc(C(F)(F)F)c1. The predicted octanol–water partition coefficient (Wildman–Crippen LogP) is 8.64. The zero-order valence-corrected chi connectivity index (χ0v) is 22.6. The number of rotatable bonds is 15. The quantitative estimate of drug-likeness (QED) is 0.110. The van der Waals surface area contributed by atoms with Gasteiger partial charge in [-0.05, 0) is 47.5 Å². The zero-order valence-electron chi connectivity index (χ0n) is 22.6. The van der Waals surface area contributed by atoms with Crippen molar-refractivity contribution in [3.8, 4) is 0 Å². The van der Waals surface area contributed by atoms with Gasteiger partial charge in [0.15, 0.2) is 0 Å². The van der Waals surface area contributed by atoms with Gasteiger partial charge in [0.2, 0.25) is 0 Å². The molecule has 4 nitrogen and oxygen atoms in total. The molecular weight excluding hydrogens is 628 g/mol. The molecule has 0 heterocycles. The van der Waals surface area contributed by atoms with E-state index in [2.05, 4.69) is 13.2 Å². The van der Waals surface area contributed by atoms with Crippen molar-refractivity contribution in [2.45, 2.75) is 50.1 Å². The Kier molecular flexibility index (Phi) is 12.9. The van der Waals surface area contributed by atoms with E-state index >= 15 is 0 Å². The highest BCUT2D eigenvalue weighted by atomic mass is 19.4. The van der Waals surface area contributed by atoms with Gasteiger partial charge in [0.1, 0.15) is 12.2 Å². The van der Waals surface area contributed by atoms with Gasteiger partial charge in [-0.2, -0.15) is 52.7 Å². The molecule has 2 aromatic carbocycles. The molecule has 0 aromatic heterocycles. The van der Waals surface area contributed by atoms with Crippen LogP contribution in [-0.4, -0.2) is 38.6 Å². The molecule has 0 bridgehead atoms. The van der Waals surface area contributed by atoms with Gasteiger partial charge in [-0.3, -0.25) is 0 Å². The lowest BCUT2D eigenvalue weighted by atomic mass is 10.0. The predicted molar refractivity (Wildman–Crippen MR) is 132 cm³/mol. The minimum absolute atomic E-state index is 0.0759. The van der Waals surface area contributed by atoms with Crippen LogP contribution in [0.15, 0.2) is 61.7 Å². The summed E-state index contributed by atoms with van der Waals surface area (Å²) in [5.74, 6) is 0. The molecule has 16 heteroatoms. The molecule has 0 N–H and O–H groups in total. The molecule has 246 valence electrons. The highest BCUT2D eigenvalue weighted by molar-refractivity contribution is 5.34. The van der Waals surface area contributed by atoms with E-state index in [1.165, 1.54) is 12.2 Å². The standard InChI is InChI=1S/C28H26F12O4/c1-3-5-41-15-23(43-13-17-7-19(25(29,30)31)11-20(8-17)26(32,33)34)24(16-42-6-4-2)44-14-18-9-21(27(35,36)37)12-22(10-18)28(38,39)40/h3-4,7-12,23-24H,1-2,5-6,13-16H2/t23-,24-/m0/s1. The van der Waals surface area contributed by atoms with E-state index in [4.69, 9.17) is 18.9 Å². The van der Waals surface area contributed by atoms with Crippen molar-refractivity contribution in [2.24, 2.45) is 0 Å². The molecule has 2 atom stereocenters. The average Bonchev–Trinajstić information content (AvgIpc) is 2.90. The topological polar surface area (TPSA) is 36.9 Å². The largest absolute Gasteiger partial charge is 0.416 e. The molecule has 0 spiro atoms. The lowest BCUT2D eigenvalue weighted by Gasteiger charge is -2.28. The molecule has 0 unspecified atom stereocenters. The second-order valence-corrected chi connectivity index (χ2v) is 9.18. The fraction of sp³-hybridized carbons (Fsp3) is 0.429. The van der Waals surface area contributed by atoms with Crippen LogP contribution in [0.4, 0.5) is 52.7 Å². The summed E-state index contributed by atoms with van der Waals surface area (Å²) in [6, 6.07) is 1.58. The third-order valence-corrected chi connectivity index (χ3v) is 5.67. The van der Waals surface area contributed by atoms with E-state index in [9.17, 15) is 52.7 Å². The van der Waals surface area contributed by atoms with Gasteiger partial charge >= 0.3 is 24.7 Å². The van der Waals surface area contributed by atoms with Crippen LogP contribution < -0.4 is 0 Å². The maximum Gasteiger partial charge on any atom is 0.416 e. The third kappa shape index (κ3) is 11.8. The van der Waals surface area contributed by atoms with Gasteiger partial charge in [-0.1, -0.05) is 12.2 Å². The van der Waals surface area contributed by atoms with Crippen LogP contribution in [0.3, 0.4) is 0 Å². The Morgan fingerprint density at radius 2 is 0.773 bits per heavy atom. The summed E-state index contributed by atoms with van der Waals surface area (Å²) in [4.78, 5) is 0. The summed E-state index contributed by atoms with van der Waals surface area (Å²) in [7, 11) is 0. The molecule has 0 aliphatic rings. The first-order valence-corrected chi connectivity index (χ1v) is 12.4. The molecular formula is C28H26F12O4. The van der Waals surface area contributed by atoms with Gasteiger partial charge in [-0.15, -0.1) is 13.2 Å². The lowest BCUT2D eigenvalue weighted by Crippen LogP contribution is -2.39. The normalized spacial score (nSPS) is 14.4. The minimum atomic E-state index is -5.13. The van der Waals surface area contributed by atoms with Crippen molar-refractivity contribution in [1.82, 2.24) is 0 Å². The third-order valence-electron chi connectivity index (χ3n) is 5.67. The Balaban J connectivity index is 2.42. The number of halogens is 12. The van der Waals surface area contributed by atoms with Crippen molar-refractivity contribution < 1.29 is 71.6 Å². The Labute approximate surface area is 243 Å². The van der Waals surface area contributed by atoms with E-state index in [0.717, 1.165) is 0 Å². The molecule has 0 amide bonds. The van der Waals surface area contributed by atoms with E-state index in [1.807, 2.05) is 0 Å². The first-order valence-electron chi connectivity index (χ1n) is 12.4. The van der Waals surface area contributed by atoms with Crippen LogP contribution in [-0.2, 0) is 56.9 Å². The van der Waals surface area contributed by atoms with Crippen molar-refractivity contribution in [1.29, 1.82) is 0 Å². The van der Waals surface area contributed by atoms with E-state index < -0.39 is 96.7 Å². The highest BCUT2D eigenvalue weighted by Crippen LogP contribution is 2.38. The summed E-state index contributed by atoms with van der Waals surface area (Å²) in [5.41, 5.74) is -7.48. The van der Waals surface area contributed by atoms with Crippen LogP contribution in [0, 0.1) is 0 Å². The van der Waals surface area contributed by atoms with Crippen LogP contribution in [0.25, 0.3) is 0 Å². The fourth-order valence-electron chi connectivity index (χ4n) is 3.67. The zero-order chi connectivity index (χ0) is 33.3. The summed E-state index contributed by atoms with van der Waals surface area (Å²) < 4.78 is 181. The van der Waals surface area contributed by atoms with Gasteiger partial charge in [0.25, 0.3) is 0 Å². The molecule has 0 aliphatic carbocycles. The fourth-order valence-corrected chi connectivity index (χ4v) is 3.67. The van der Waals surface area contributed by atoms with Gasteiger partial charge in [0.05, 0.1) is 61.9 Å². The second kappa shape index (κ2) is 15.3. The van der Waals surface area contributed by atoms with Gasteiger partial charge < -0.3 is 18.9 Å². The number of ether oxygens (including phenoxy) is 4. The number of hydrogen-bond acceptors (Lipinski definition) is 4. The highest BCUT2D eigenvalue weighted by Gasteiger charge is 2.38. The summed E-state index contributed by atoms with van der Waals surface area (Å²) in [6.07, 6.45) is -20.6. The van der Waals surface area contributed by atoms with Crippen molar-refractivity contribution in [3.63, 3.8) is 0 Å². The van der Waals surface area contributed by atoms with Crippen LogP contribution >= 0.6 is 0 Å². The summed E-state index contributed by atoms with van der Waals surface area (Å²) in [6.45, 7) is 4.07. The maximum absolute atomic E-state index is 13.3. The molecule has 44 heavy (non-hydrogen) atoms. The molecule has 2 aromatic rings. The van der Waals surface area contributed by atoms with Crippen LogP contribution in [0.5, 0.6) is 0 Å². The molecule has 0 saturated heterocycles. The Morgan fingerprint density at radius 1 is 0.500 bits per heavy atom. The maximum atomic E-state index is 13.3. The average molecular weight is 654 g/mol. The number of alkyl halides is 12. The number of benzene rings is 2. The molecule has 2 rings (SSSR count). The van der Waals surface area contributed by atoms with Crippen LogP contribution in [0.1, 0.15) is 33.4 Å². The molecule has 0 aliphatic heterocycles. The second-order valence-electron chi connectivity index (χ2n) is 9.18. The van der Waals surface area contributed by atoms with Crippen molar-refractivity contribution in [2.75, 3.05) is 26.4 Å². The van der Waals surface area contributed by atoms with Crippen molar-refractivity contribution in [3.05, 3.63) is 95.1 Å². The molecule has 0 fully saturated rings. The van der Waals surface area contributed by atoms with Crippen LogP contribution in [0.2, 0.25) is 0 Å². The number of hydrogen-bond donors (Lipinski definition) is 0. The van der Waals surface area contributed by atoms with E-state index in [1.54, 1.807) is 0 Å². The van der Waals surface area contributed by atoms with Gasteiger partial charge in [-0.25, -0.2) is 0 Å². The molecule has 0 saturated carbocycles. The summed E-state index contributed by atoms with van der Waals surface area (Å²) in [5, 5.41) is 0.